The SMILES string of the molecule is CC(N)(C(=O)NCCCO)C1CC1. The molecule has 0 aromatic rings. The number of hydrogen-bond acceptors (Lipinski definition) is 3. The number of amides is 1. The van der Waals surface area contributed by atoms with Crippen LogP contribution in [-0.4, -0.2) is 29.7 Å². The third kappa shape index (κ3) is 2.67. The molecule has 4 heteroatoms. The molecule has 0 aromatic carbocycles. The summed E-state index contributed by atoms with van der Waals surface area (Å²) in [7, 11) is 0. The molecule has 0 heterocycles. The van der Waals surface area contributed by atoms with E-state index in [1.54, 1.807) is 6.92 Å². The largest absolute Gasteiger partial charge is 0.396 e. The van der Waals surface area contributed by atoms with Crippen molar-refractivity contribution in [2.24, 2.45) is 11.7 Å². The summed E-state index contributed by atoms with van der Waals surface area (Å²) in [5, 5.41) is 11.2. The van der Waals surface area contributed by atoms with E-state index < -0.39 is 5.54 Å². The van der Waals surface area contributed by atoms with E-state index in [1.165, 1.54) is 0 Å². The Kier molecular flexibility index (Phi) is 3.27. The molecule has 1 aliphatic rings. The summed E-state index contributed by atoms with van der Waals surface area (Å²) in [5.41, 5.74) is 5.16. The standard InChI is InChI=1S/C9H18N2O2/c1-9(10,7-3-4-7)8(13)11-5-2-6-12/h7,12H,2-6,10H2,1H3,(H,11,13). The van der Waals surface area contributed by atoms with Gasteiger partial charge in [-0.15, -0.1) is 0 Å². The van der Waals surface area contributed by atoms with Gasteiger partial charge in [-0.3, -0.25) is 4.79 Å². The first-order valence-corrected chi connectivity index (χ1v) is 4.77. The van der Waals surface area contributed by atoms with Gasteiger partial charge >= 0.3 is 0 Å². The lowest BCUT2D eigenvalue weighted by molar-refractivity contribution is -0.126. The van der Waals surface area contributed by atoms with Crippen LogP contribution < -0.4 is 11.1 Å². The van der Waals surface area contributed by atoms with Crippen molar-refractivity contribution in [1.82, 2.24) is 5.32 Å². The molecule has 4 N–H and O–H groups in total. The van der Waals surface area contributed by atoms with Gasteiger partial charge in [-0.25, -0.2) is 0 Å². The van der Waals surface area contributed by atoms with Crippen molar-refractivity contribution < 1.29 is 9.90 Å². The van der Waals surface area contributed by atoms with Crippen LogP contribution in [0.3, 0.4) is 0 Å². The molecular weight excluding hydrogens is 168 g/mol. The summed E-state index contributed by atoms with van der Waals surface area (Å²) in [6.45, 7) is 2.39. The molecular formula is C9H18N2O2. The summed E-state index contributed by atoms with van der Waals surface area (Å²) in [5.74, 6) is 0.255. The molecule has 0 spiro atoms. The highest BCUT2D eigenvalue weighted by Crippen LogP contribution is 2.37. The lowest BCUT2D eigenvalue weighted by Gasteiger charge is -2.22. The number of nitrogens with one attached hydrogen (secondary N) is 1. The Morgan fingerprint density at radius 3 is 2.77 bits per heavy atom. The van der Waals surface area contributed by atoms with Gasteiger partial charge < -0.3 is 16.2 Å². The molecule has 1 rings (SSSR count). The molecule has 0 bridgehead atoms. The van der Waals surface area contributed by atoms with Gasteiger partial charge in [-0.05, 0) is 32.1 Å². The molecule has 1 amide bonds. The number of nitrogens with two attached hydrogens (primary N) is 1. The topological polar surface area (TPSA) is 75.4 Å². The molecule has 13 heavy (non-hydrogen) atoms. The lowest BCUT2D eigenvalue weighted by atomic mass is 9.96. The fourth-order valence-electron chi connectivity index (χ4n) is 1.34. The number of aliphatic hydroxyl groups is 1. The third-order valence-electron chi connectivity index (χ3n) is 2.54. The van der Waals surface area contributed by atoms with Crippen LogP contribution in [0.4, 0.5) is 0 Å². The van der Waals surface area contributed by atoms with Crippen molar-refractivity contribution in [3.8, 4) is 0 Å². The van der Waals surface area contributed by atoms with Gasteiger partial charge in [0.05, 0.1) is 5.54 Å². The van der Waals surface area contributed by atoms with Gasteiger partial charge in [0.2, 0.25) is 5.91 Å². The first-order chi connectivity index (χ1) is 6.09. The Morgan fingerprint density at radius 2 is 2.31 bits per heavy atom. The Bertz CT molecular complexity index is 188. The van der Waals surface area contributed by atoms with Crippen molar-refractivity contribution in [2.45, 2.75) is 31.7 Å². The van der Waals surface area contributed by atoms with E-state index in [-0.39, 0.29) is 12.5 Å². The summed E-state index contributed by atoms with van der Waals surface area (Å²) < 4.78 is 0. The van der Waals surface area contributed by atoms with Crippen molar-refractivity contribution >= 4 is 5.91 Å². The zero-order valence-corrected chi connectivity index (χ0v) is 8.05. The number of carbonyl (C=O) groups is 1. The minimum atomic E-state index is -0.713. The second kappa shape index (κ2) is 4.07. The summed E-state index contributed by atoms with van der Waals surface area (Å²) in [6.07, 6.45) is 2.70. The van der Waals surface area contributed by atoms with Crippen LogP contribution in [0.1, 0.15) is 26.2 Å². The number of hydrogen-bond donors (Lipinski definition) is 3. The van der Waals surface area contributed by atoms with Gasteiger partial charge in [0.25, 0.3) is 0 Å². The van der Waals surface area contributed by atoms with E-state index in [0.717, 1.165) is 12.8 Å². The van der Waals surface area contributed by atoms with E-state index in [9.17, 15) is 4.79 Å². The molecule has 1 aliphatic carbocycles. The number of aliphatic hydroxyl groups excluding tert-OH is 1. The molecule has 1 atom stereocenters. The monoisotopic (exact) mass is 186 g/mol. The smallest absolute Gasteiger partial charge is 0.240 e. The van der Waals surface area contributed by atoms with Gasteiger partial charge in [0.15, 0.2) is 0 Å². The zero-order valence-electron chi connectivity index (χ0n) is 8.05. The normalized spacial score (nSPS) is 20.8. The van der Waals surface area contributed by atoms with Crippen LogP contribution in [0, 0.1) is 5.92 Å². The quantitative estimate of drug-likeness (QED) is 0.512. The molecule has 4 nitrogen and oxygen atoms in total. The van der Waals surface area contributed by atoms with Crippen molar-refractivity contribution in [3.63, 3.8) is 0 Å². The summed E-state index contributed by atoms with van der Waals surface area (Å²) in [6, 6.07) is 0. The zero-order chi connectivity index (χ0) is 9.90. The average molecular weight is 186 g/mol. The summed E-state index contributed by atoms with van der Waals surface area (Å²) >= 11 is 0. The van der Waals surface area contributed by atoms with Gasteiger partial charge in [0.1, 0.15) is 0 Å². The Hall–Kier alpha value is -0.610. The summed E-state index contributed by atoms with van der Waals surface area (Å²) in [4.78, 5) is 11.5. The van der Waals surface area contributed by atoms with Crippen LogP contribution in [0.5, 0.6) is 0 Å². The average Bonchev–Trinajstić information content (AvgIpc) is 2.86. The van der Waals surface area contributed by atoms with E-state index in [0.29, 0.717) is 18.9 Å². The maximum absolute atomic E-state index is 11.5. The Balaban J connectivity index is 2.28. The van der Waals surface area contributed by atoms with E-state index in [2.05, 4.69) is 5.32 Å². The Labute approximate surface area is 78.5 Å². The van der Waals surface area contributed by atoms with Crippen molar-refractivity contribution in [1.29, 1.82) is 0 Å². The van der Waals surface area contributed by atoms with E-state index in [4.69, 9.17) is 10.8 Å². The molecule has 1 unspecified atom stereocenters. The predicted molar refractivity (Wildman–Crippen MR) is 50.0 cm³/mol. The van der Waals surface area contributed by atoms with Crippen molar-refractivity contribution in [2.75, 3.05) is 13.2 Å². The molecule has 76 valence electrons. The van der Waals surface area contributed by atoms with E-state index >= 15 is 0 Å². The van der Waals surface area contributed by atoms with Crippen molar-refractivity contribution in [3.05, 3.63) is 0 Å². The Morgan fingerprint density at radius 1 is 1.69 bits per heavy atom. The fraction of sp³-hybridized carbons (Fsp3) is 0.889. The molecule has 1 saturated carbocycles. The molecule has 0 saturated heterocycles. The highest BCUT2D eigenvalue weighted by atomic mass is 16.3. The minimum Gasteiger partial charge on any atom is -0.396 e. The van der Waals surface area contributed by atoms with Gasteiger partial charge in [-0.2, -0.15) is 0 Å². The van der Waals surface area contributed by atoms with E-state index in [1.807, 2.05) is 0 Å². The van der Waals surface area contributed by atoms with Gasteiger partial charge in [-0.1, -0.05) is 0 Å². The van der Waals surface area contributed by atoms with Crippen LogP contribution >= 0.6 is 0 Å². The number of carbonyl (C=O) groups excluding carboxylic acids is 1. The highest BCUT2D eigenvalue weighted by molar-refractivity contribution is 5.86. The lowest BCUT2D eigenvalue weighted by Crippen LogP contribution is -2.53. The highest BCUT2D eigenvalue weighted by Gasteiger charge is 2.43. The number of rotatable bonds is 5. The first-order valence-electron chi connectivity index (χ1n) is 4.77. The van der Waals surface area contributed by atoms with Crippen LogP contribution in [-0.2, 0) is 4.79 Å². The molecule has 0 aliphatic heterocycles. The van der Waals surface area contributed by atoms with Gasteiger partial charge in [0, 0.05) is 13.2 Å². The first kappa shape index (κ1) is 10.5. The second-order valence-electron chi connectivity index (χ2n) is 3.89. The van der Waals surface area contributed by atoms with Crippen LogP contribution in [0.15, 0.2) is 0 Å². The predicted octanol–water partition coefficient (Wildman–Crippen LogP) is -0.388. The second-order valence-corrected chi connectivity index (χ2v) is 3.89. The minimum absolute atomic E-state index is 0.0940. The maximum Gasteiger partial charge on any atom is 0.240 e. The fourth-order valence-corrected chi connectivity index (χ4v) is 1.34. The maximum atomic E-state index is 11.5. The molecule has 0 radical (unpaired) electrons. The third-order valence-corrected chi connectivity index (χ3v) is 2.54. The van der Waals surface area contributed by atoms with Crippen LogP contribution in [0.25, 0.3) is 0 Å². The molecule has 0 aromatic heterocycles. The molecule has 1 fully saturated rings. The van der Waals surface area contributed by atoms with Crippen LogP contribution in [0.2, 0.25) is 0 Å².